The van der Waals surface area contributed by atoms with Crippen molar-refractivity contribution < 1.29 is 20.1 Å². The third kappa shape index (κ3) is 3.02. The Balaban J connectivity index is 2.05. The molecule has 134 valence electrons. The van der Waals surface area contributed by atoms with Crippen molar-refractivity contribution in [2.45, 2.75) is 37.5 Å². The standard InChI is InChI=1S/C16H19N3O6/c1-9(10-5-3-2-4-6-10)18-12(21)7-17-19(16(18)24)15-14(23)13(22)11(8-20)25-15/h2-7,9,11,13-15,20,22-23H,8H2,1H3/t9?,11-,13-,14-,15-/m1/s1. The maximum absolute atomic E-state index is 12.8. The highest BCUT2D eigenvalue weighted by Gasteiger charge is 2.44. The molecule has 5 atom stereocenters. The Kier molecular flexibility index (Phi) is 4.82. The van der Waals surface area contributed by atoms with Gasteiger partial charge in [-0.05, 0) is 12.5 Å². The Morgan fingerprint density at radius 1 is 1.20 bits per heavy atom. The number of aliphatic hydroxyl groups is 3. The van der Waals surface area contributed by atoms with Crippen LogP contribution in [0.2, 0.25) is 0 Å². The molecule has 3 N–H and O–H groups in total. The zero-order chi connectivity index (χ0) is 18.1. The number of benzene rings is 1. The van der Waals surface area contributed by atoms with E-state index in [1.807, 2.05) is 6.07 Å². The molecule has 9 heteroatoms. The van der Waals surface area contributed by atoms with Crippen molar-refractivity contribution in [1.82, 2.24) is 14.3 Å². The van der Waals surface area contributed by atoms with Crippen molar-refractivity contribution in [3.8, 4) is 0 Å². The van der Waals surface area contributed by atoms with Gasteiger partial charge in [-0.3, -0.25) is 9.36 Å². The number of hydrogen-bond acceptors (Lipinski definition) is 7. The molecule has 3 rings (SSSR count). The third-order valence-electron chi connectivity index (χ3n) is 4.36. The summed E-state index contributed by atoms with van der Waals surface area (Å²) in [5, 5.41) is 32.8. The topological polar surface area (TPSA) is 127 Å². The van der Waals surface area contributed by atoms with Crippen LogP contribution in [0.5, 0.6) is 0 Å². The summed E-state index contributed by atoms with van der Waals surface area (Å²) in [5.41, 5.74) is -0.622. The smallest absolute Gasteiger partial charge is 0.350 e. The monoisotopic (exact) mass is 349 g/mol. The Hall–Kier alpha value is -2.33. The van der Waals surface area contributed by atoms with Crippen molar-refractivity contribution in [3.05, 3.63) is 62.9 Å². The summed E-state index contributed by atoms with van der Waals surface area (Å²) < 4.78 is 7.12. The first-order valence-corrected chi connectivity index (χ1v) is 7.83. The maximum Gasteiger partial charge on any atom is 0.350 e. The lowest BCUT2D eigenvalue weighted by atomic mass is 10.1. The molecule has 0 radical (unpaired) electrons. The van der Waals surface area contributed by atoms with E-state index in [1.165, 1.54) is 0 Å². The quantitative estimate of drug-likeness (QED) is 0.621. The molecule has 1 aliphatic heterocycles. The summed E-state index contributed by atoms with van der Waals surface area (Å²) in [6.45, 7) is 1.17. The van der Waals surface area contributed by atoms with Crippen molar-refractivity contribution in [2.75, 3.05) is 6.61 Å². The minimum Gasteiger partial charge on any atom is -0.394 e. The van der Waals surface area contributed by atoms with Crippen LogP contribution < -0.4 is 11.2 Å². The summed E-state index contributed by atoms with van der Waals surface area (Å²) in [5.74, 6) is 0. The first-order valence-electron chi connectivity index (χ1n) is 7.83. The van der Waals surface area contributed by atoms with Gasteiger partial charge in [0.1, 0.15) is 24.5 Å². The lowest BCUT2D eigenvalue weighted by molar-refractivity contribution is -0.0626. The highest BCUT2D eigenvalue weighted by Crippen LogP contribution is 2.27. The SMILES string of the molecule is CC(c1ccccc1)n1c(=O)cnn([C@@H]2O[C@H](CO)[C@@H](O)[C@H]2O)c1=O. The Morgan fingerprint density at radius 2 is 1.88 bits per heavy atom. The number of hydrogen-bond donors (Lipinski definition) is 3. The van der Waals surface area contributed by atoms with Crippen LogP contribution in [0.25, 0.3) is 0 Å². The number of ether oxygens (including phenoxy) is 1. The highest BCUT2D eigenvalue weighted by atomic mass is 16.6. The zero-order valence-corrected chi connectivity index (χ0v) is 13.5. The van der Waals surface area contributed by atoms with Crippen LogP contribution in [-0.2, 0) is 4.74 Å². The number of nitrogens with zero attached hydrogens (tertiary/aromatic N) is 3. The van der Waals surface area contributed by atoms with Crippen LogP contribution in [0.4, 0.5) is 0 Å². The van der Waals surface area contributed by atoms with Crippen molar-refractivity contribution >= 4 is 0 Å². The molecule has 0 bridgehead atoms. The van der Waals surface area contributed by atoms with E-state index in [0.29, 0.717) is 0 Å². The fraction of sp³-hybridized carbons (Fsp3) is 0.438. The molecule has 1 unspecified atom stereocenters. The third-order valence-corrected chi connectivity index (χ3v) is 4.36. The van der Waals surface area contributed by atoms with Crippen LogP contribution in [0.3, 0.4) is 0 Å². The van der Waals surface area contributed by atoms with Crippen LogP contribution in [0, 0.1) is 0 Å². The molecular formula is C16H19N3O6. The molecule has 0 amide bonds. The normalized spacial score (nSPS) is 27.4. The van der Waals surface area contributed by atoms with E-state index in [2.05, 4.69) is 5.10 Å². The van der Waals surface area contributed by atoms with Gasteiger partial charge < -0.3 is 20.1 Å². The molecule has 1 aromatic carbocycles. The molecule has 0 saturated carbocycles. The molecule has 0 spiro atoms. The van der Waals surface area contributed by atoms with Crippen molar-refractivity contribution in [1.29, 1.82) is 0 Å². The zero-order valence-electron chi connectivity index (χ0n) is 13.5. The lowest BCUT2D eigenvalue weighted by Gasteiger charge is -2.20. The molecule has 1 aliphatic rings. The number of aromatic nitrogens is 3. The lowest BCUT2D eigenvalue weighted by Crippen LogP contribution is -2.46. The van der Waals surface area contributed by atoms with Crippen molar-refractivity contribution in [3.63, 3.8) is 0 Å². The maximum atomic E-state index is 12.8. The van der Waals surface area contributed by atoms with E-state index in [4.69, 9.17) is 9.84 Å². The molecule has 1 aromatic heterocycles. The fourth-order valence-corrected chi connectivity index (χ4v) is 2.92. The number of rotatable bonds is 4. The molecule has 2 heterocycles. The summed E-state index contributed by atoms with van der Waals surface area (Å²) in [6.07, 6.45) is -4.21. The van der Waals surface area contributed by atoms with Crippen molar-refractivity contribution in [2.24, 2.45) is 0 Å². The second-order valence-corrected chi connectivity index (χ2v) is 5.90. The first-order chi connectivity index (χ1) is 12.0. The van der Waals surface area contributed by atoms with Gasteiger partial charge in [-0.2, -0.15) is 9.78 Å². The molecule has 1 saturated heterocycles. The Bertz CT molecular complexity index is 849. The molecule has 25 heavy (non-hydrogen) atoms. The summed E-state index contributed by atoms with van der Waals surface area (Å²) in [6, 6.07) is 8.42. The Morgan fingerprint density at radius 3 is 2.48 bits per heavy atom. The van der Waals surface area contributed by atoms with Gasteiger partial charge in [0.25, 0.3) is 5.56 Å². The van der Waals surface area contributed by atoms with Gasteiger partial charge in [-0.25, -0.2) is 4.79 Å². The van der Waals surface area contributed by atoms with E-state index >= 15 is 0 Å². The van der Waals surface area contributed by atoms with Crippen LogP contribution in [0.15, 0.2) is 46.1 Å². The van der Waals surface area contributed by atoms with Gasteiger partial charge in [0, 0.05) is 0 Å². The van der Waals surface area contributed by atoms with E-state index < -0.39 is 48.4 Å². The van der Waals surface area contributed by atoms with E-state index in [0.717, 1.165) is 21.0 Å². The molecule has 1 fully saturated rings. The van der Waals surface area contributed by atoms with Gasteiger partial charge >= 0.3 is 5.69 Å². The summed E-state index contributed by atoms with van der Waals surface area (Å²) in [7, 11) is 0. The minimum absolute atomic E-state index is 0.524. The van der Waals surface area contributed by atoms with Crippen LogP contribution >= 0.6 is 0 Å². The van der Waals surface area contributed by atoms with E-state index in [-0.39, 0.29) is 0 Å². The second kappa shape index (κ2) is 6.89. The average molecular weight is 349 g/mol. The second-order valence-electron chi connectivity index (χ2n) is 5.90. The van der Waals surface area contributed by atoms with Gasteiger partial charge in [-0.1, -0.05) is 30.3 Å². The molecular weight excluding hydrogens is 330 g/mol. The fourth-order valence-electron chi connectivity index (χ4n) is 2.92. The van der Waals surface area contributed by atoms with Crippen LogP contribution in [-0.4, -0.2) is 54.6 Å². The van der Waals surface area contributed by atoms with Gasteiger partial charge in [0.15, 0.2) is 6.23 Å². The first kappa shape index (κ1) is 17.5. The predicted molar refractivity (Wildman–Crippen MR) is 86.0 cm³/mol. The minimum atomic E-state index is -1.46. The molecule has 0 aliphatic carbocycles. The molecule has 9 nitrogen and oxygen atoms in total. The summed E-state index contributed by atoms with van der Waals surface area (Å²) >= 11 is 0. The van der Waals surface area contributed by atoms with Gasteiger partial charge in [0.2, 0.25) is 0 Å². The van der Waals surface area contributed by atoms with E-state index in [1.54, 1.807) is 31.2 Å². The highest BCUT2D eigenvalue weighted by molar-refractivity contribution is 5.19. The average Bonchev–Trinajstić information content (AvgIpc) is 2.90. The molecule has 2 aromatic rings. The van der Waals surface area contributed by atoms with E-state index in [9.17, 15) is 19.8 Å². The predicted octanol–water partition coefficient (Wildman–Crippen LogP) is -1.37. The largest absolute Gasteiger partial charge is 0.394 e. The van der Waals surface area contributed by atoms with Gasteiger partial charge in [0.05, 0.1) is 12.6 Å². The Labute approximate surface area is 142 Å². The number of aliphatic hydroxyl groups excluding tert-OH is 3. The van der Waals surface area contributed by atoms with Gasteiger partial charge in [-0.15, -0.1) is 0 Å². The summed E-state index contributed by atoms with van der Waals surface area (Å²) in [4.78, 5) is 24.9. The van der Waals surface area contributed by atoms with Crippen LogP contribution in [0.1, 0.15) is 24.8 Å².